The van der Waals surface area contributed by atoms with Gasteiger partial charge in [-0.25, -0.2) is 0 Å². The Kier molecular flexibility index (Phi) is 6.99. The van der Waals surface area contributed by atoms with Crippen LogP contribution in [-0.2, 0) is 4.74 Å². The van der Waals surface area contributed by atoms with Gasteiger partial charge in [-0.1, -0.05) is 27.7 Å². The summed E-state index contributed by atoms with van der Waals surface area (Å²) < 4.78 is 7.31. The summed E-state index contributed by atoms with van der Waals surface area (Å²) in [5.41, 5.74) is 5.19. The van der Waals surface area contributed by atoms with Crippen LogP contribution in [0.2, 0.25) is 0 Å². The fourth-order valence-electron chi connectivity index (χ4n) is 1.25. The van der Waals surface area contributed by atoms with Gasteiger partial charge in [-0.15, -0.1) is 0 Å². The smallest absolute Gasteiger partial charge is 0.329 e. The van der Waals surface area contributed by atoms with E-state index in [1.165, 1.54) is 6.20 Å². The Morgan fingerprint density at radius 3 is 2.22 bits per heavy atom. The van der Waals surface area contributed by atoms with Crippen LogP contribution in [0.5, 0.6) is 0 Å². The molecule has 0 aromatic carbocycles. The zero-order valence-corrected chi connectivity index (χ0v) is 12.6. The van der Waals surface area contributed by atoms with E-state index in [1.807, 2.05) is 32.3 Å². The summed E-state index contributed by atoms with van der Waals surface area (Å²) in [6.45, 7) is 12.7. The highest BCUT2D eigenvalue weighted by Gasteiger charge is 2.31. The molecule has 0 aliphatic carbocycles. The third-order valence-electron chi connectivity index (χ3n) is 3.65. The van der Waals surface area contributed by atoms with Crippen molar-refractivity contribution in [3.05, 3.63) is 12.4 Å². The molecule has 0 aliphatic heterocycles. The van der Waals surface area contributed by atoms with Crippen molar-refractivity contribution in [3.8, 4) is 0 Å². The van der Waals surface area contributed by atoms with Crippen molar-refractivity contribution in [2.75, 3.05) is 6.61 Å². The van der Waals surface area contributed by atoms with Gasteiger partial charge in [0.05, 0.1) is 12.3 Å². The minimum atomic E-state index is -0.496. The van der Waals surface area contributed by atoms with E-state index in [1.54, 1.807) is 12.6 Å². The normalized spacial score (nSPS) is 15.7. The summed E-state index contributed by atoms with van der Waals surface area (Å²) >= 11 is 0. The minimum absolute atomic E-state index is 0.166. The molecule has 3 N–H and O–H groups in total. The van der Waals surface area contributed by atoms with Gasteiger partial charge in [0, 0.05) is 0 Å². The van der Waals surface area contributed by atoms with Gasteiger partial charge in [0.25, 0.3) is 0 Å². The summed E-state index contributed by atoms with van der Waals surface area (Å²) in [6.07, 6.45) is 4.32. The average Bonchev–Trinajstić information content (AvgIpc) is 2.27. The average molecular weight is 257 g/mol. The molecule has 0 spiro atoms. The molecule has 0 rings (SSSR count). The molecule has 1 unspecified atom stereocenters. The quantitative estimate of drug-likeness (QED) is 0.416. The molecule has 0 amide bonds. The highest BCUT2D eigenvalue weighted by molar-refractivity contribution is 5.40. The van der Waals surface area contributed by atoms with Crippen LogP contribution in [0, 0.1) is 11.3 Å². The van der Waals surface area contributed by atoms with Gasteiger partial charge in [-0.05, 0) is 25.2 Å². The predicted molar refractivity (Wildman–Crippen MR) is 75.4 cm³/mol. The molecule has 0 saturated heterocycles. The third kappa shape index (κ3) is 5.08. The zero-order valence-electron chi connectivity index (χ0n) is 12.6. The van der Waals surface area contributed by atoms with Crippen LogP contribution in [0.1, 0.15) is 41.5 Å². The lowest BCUT2D eigenvalue weighted by Crippen LogP contribution is -2.37. The number of aliphatic hydroxyl groups is 1. The monoisotopic (exact) mass is 257 g/mol. The molecular formula is C14H29N2O2+. The molecule has 0 radical (unpaired) electrons. The van der Waals surface area contributed by atoms with E-state index in [0.29, 0.717) is 5.92 Å². The van der Waals surface area contributed by atoms with Crippen molar-refractivity contribution >= 4 is 6.40 Å². The Labute approximate surface area is 111 Å². The second-order valence-corrected chi connectivity index (χ2v) is 5.81. The van der Waals surface area contributed by atoms with Crippen LogP contribution >= 0.6 is 0 Å². The Hall–Kier alpha value is -1.03. The first-order valence-corrected chi connectivity index (χ1v) is 6.52. The van der Waals surface area contributed by atoms with E-state index in [-0.39, 0.29) is 18.1 Å². The first-order valence-electron chi connectivity index (χ1n) is 6.52. The van der Waals surface area contributed by atoms with E-state index < -0.39 is 6.10 Å². The van der Waals surface area contributed by atoms with Gasteiger partial charge in [0.15, 0.2) is 12.2 Å². The van der Waals surface area contributed by atoms with Crippen molar-refractivity contribution < 1.29 is 14.4 Å². The lowest BCUT2D eigenvalue weighted by atomic mass is 9.76. The first kappa shape index (κ1) is 17.0. The Balaban J connectivity index is 4.45. The molecule has 0 bridgehead atoms. The van der Waals surface area contributed by atoms with Crippen LogP contribution in [0.15, 0.2) is 12.4 Å². The Bertz CT molecular complexity index is 294. The summed E-state index contributed by atoms with van der Waals surface area (Å²) in [5, 5.41) is 10.1. The van der Waals surface area contributed by atoms with Crippen molar-refractivity contribution in [2.24, 2.45) is 17.1 Å². The highest BCUT2D eigenvalue weighted by Crippen LogP contribution is 2.30. The van der Waals surface area contributed by atoms with Gasteiger partial charge in [-0.3, -0.25) is 0 Å². The zero-order chi connectivity index (χ0) is 14.3. The molecule has 18 heavy (non-hydrogen) atoms. The predicted octanol–water partition coefficient (Wildman–Crippen LogP) is 1.93. The van der Waals surface area contributed by atoms with Crippen molar-refractivity contribution in [1.29, 1.82) is 0 Å². The summed E-state index contributed by atoms with van der Waals surface area (Å²) in [6, 6.07) is 0.264. The van der Waals surface area contributed by atoms with Crippen molar-refractivity contribution in [2.45, 2.75) is 53.7 Å². The maximum absolute atomic E-state index is 10.1. The number of ether oxygens (including phenoxy) is 1. The molecule has 1 atom stereocenters. The highest BCUT2D eigenvalue weighted by atomic mass is 16.5. The van der Waals surface area contributed by atoms with E-state index in [2.05, 4.69) is 13.8 Å². The Morgan fingerprint density at radius 2 is 1.83 bits per heavy atom. The molecule has 0 aromatic heterocycles. The fraction of sp³-hybridized carbons (Fsp3) is 0.786. The lowest BCUT2D eigenvalue weighted by molar-refractivity contribution is -0.495. The largest absolute Gasteiger partial charge is 0.447 e. The van der Waals surface area contributed by atoms with Crippen molar-refractivity contribution in [1.82, 2.24) is 0 Å². The summed E-state index contributed by atoms with van der Waals surface area (Å²) in [4.78, 5) is 0. The Morgan fingerprint density at radius 1 is 1.28 bits per heavy atom. The summed E-state index contributed by atoms with van der Waals surface area (Å²) in [7, 11) is 0. The molecule has 0 heterocycles. The van der Waals surface area contributed by atoms with Gasteiger partial charge in [0.1, 0.15) is 6.61 Å². The molecule has 0 aromatic rings. The summed E-state index contributed by atoms with van der Waals surface area (Å²) in [5.74, 6) is 0.390. The van der Waals surface area contributed by atoms with Gasteiger partial charge in [-0.2, -0.15) is 4.58 Å². The van der Waals surface area contributed by atoms with Gasteiger partial charge < -0.3 is 15.6 Å². The number of hydrogen-bond donors (Lipinski definition) is 2. The molecule has 0 aliphatic rings. The minimum Gasteiger partial charge on any atom is -0.447 e. The van der Waals surface area contributed by atoms with Crippen LogP contribution < -0.4 is 5.73 Å². The van der Waals surface area contributed by atoms with Crippen molar-refractivity contribution in [3.63, 3.8) is 0 Å². The van der Waals surface area contributed by atoms with Crippen LogP contribution in [-0.4, -0.2) is 34.8 Å². The lowest BCUT2D eigenvalue weighted by Gasteiger charge is -2.33. The van der Waals surface area contributed by atoms with Crippen LogP contribution in [0.4, 0.5) is 0 Å². The molecule has 0 fully saturated rings. The van der Waals surface area contributed by atoms with Crippen LogP contribution in [0.3, 0.4) is 0 Å². The number of hydrogen-bond acceptors (Lipinski definition) is 3. The topological polar surface area (TPSA) is 58.5 Å². The van der Waals surface area contributed by atoms with Gasteiger partial charge >= 0.3 is 6.40 Å². The third-order valence-corrected chi connectivity index (χ3v) is 3.65. The number of nitrogens with two attached hydrogens (primary N) is 1. The maximum Gasteiger partial charge on any atom is 0.329 e. The second-order valence-electron chi connectivity index (χ2n) is 5.81. The van der Waals surface area contributed by atoms with Crippen LogP contribution in [0.25, 0.3) is 0 Å². The molecular weight excluding hydrogens is 228 g/mol. The van der Waals surface area contributed by atoms with E-state index in [4.69, 9.17) is 10.5 Å². The van der Waals surface area contributed by atoms with E-state index in [9.17, 15) is 5.11 Å². The molecule has 4 heteroatoms. The molecule has 4 nitrogen and oxygen atoms in total. The fourth-order valence-corrected chi connectivity index (χ4v) is 1.25. The van der Waals surface area contributed by atoms with Gasteiger partial charge in [0.2, 0.25) is 0 Å². The standard InChI is InChI=1S/C14H29N2O2/c1-11(2)14(5,6)13(17)9-18-10-16(8-7-15)12(3)4/h7-8,10-13,17H,9,15H2,1-6H3/q+1/b8-7-,16-10?. The van der Waals surface area contributed by atoms with E-state index in [0.717, 1.165) is 0 Å². The number of aliphatic hydroxyl groups excluding tert-OH is 1. The molecule has 106 valence electrons. The number of nitrogens with zero attached hydrogens (tertiary/aromatic N) is 1. The SMILES string of the molecule is CC(C)[N+](=COCC(O)C(C)(C)C(C)C)/C=C\N. The number of rotatable bonds is 7. The molecule has 0 saturated carbocycles. The second kappa shape index (κ2) is 7.41. The first-order chi connectivity index (χ1) is 8.23. The van der Waals surface area contributed by atoms with E-state index >= 15 is 0 Å². The maximum atomic E-state index is 10.1.